The average molecular weight is 792 g/mol. The van der Waals surface area contributed by atoms with E-state index in [-0.39, 0.29) is 0 Å². The van der Waals surface area contributed by atoms with Crippen LogP contribution in [0.5, 0.6) is 0 Å². The van der Waals surface area contributed by atoms with Crippen molar-refractivity contribution in [2.45, 2.75) is 12.8 Å². The summed E-state index contributed by atoms with van der Waals surface area (Å²) >= 11 is 0. The molecule has 0 atom stereocenters. The summed E-state index contributed by atoms with van der Waals surface area (Å²) in [4.78, 5) is 5.13. The Bertz CT molecular complexity index is 3490. The number of para-hydroxylation sites is 4. The number of fused-ring (bicyclic) bond motifs is 6. The highest BCUT2D eigenvalue weighted by Gasteiger charge is 2.21. The molecule has 3 heterocycles. The molecule has 3 nitrogen and oxygen atoms in total. The zero-order valence-corrected chi connectivity index (χ0v) is 34.1. The number of nitrogens with zero attached hydrogens (tertiary/aromatic N) is 3. The monoisotopic (exact) mass is 791 g/mol. The van der Waals surface area contributed by atoms with Gasteiger partial charge in [-0.3, -0.25) is 0 Å². The van der Waals surface area contributed by atoms with Crippen molar-refractivity contribution in [3.05, 3.63) is 230 Å². The molecule has 0 aliphatic heterocycles. The highest BCUT2D eigenvalue weighted by Crippen LogP contribution is 2.42. The van der Waals surface area contributed by atoms with E-state index in [1.807, 2.05) is 0 Å². The second-order valence-electron chi connectivity index (χ2n) is 16.2. The molecule has 0 saturated carbocycles. The quantitative estimate of drug-likeness (QED) is 0.158. The van der Waals surface area contributed by atoms with Gasteiger partial charge in [-0.1, -0.05) is 164 Å². The molecule has 8 aromatic carbocycles. The molecule has 3 aromatic heterocycles. The Morgan fingerprint density at radius 1 is 0.371 bits per heavy atom. The summed E-state index contributed by atoms with van der Waals surface area (Å²) in [5.41, 5.74) is 18.7. The van der Waals surface area contributed by atoms with Crippen LogP contribution in [0.3, 0.4) is 0 Å². The second-order valence-corrected chi connectivity index (χ2v) is 16.2. The van der Waals surface area contributed by atoms with Crippen molar-refractivity contribution < 1.29 is 0 Å². The molecular weight excluding hydrogens is 751 g/mol. The van der Waals surface area contributed by atoms with Crippen LogP contribution >= 0.6 is 0 Å². The van der Waals surface area contributed by atoms with Crippen LogP contribution in [0, 0.1) is 0 Å². The zero-order valence-electron chi connectivity index (χ0n) is 34.1. The highest BCUT2D eigenvalue weighted by molar-refractivity contribution is 6.14. The van der Waals surface area contributed by atoms with Crippen LogP contribution < -0.4 is 0 Å². The van der Waals surface area contributed by atoms with Gasteiger partial charge in [0.2, 0.25) is 0 Å². The fourth-order valence-corrected chi connectivity index (χ4v) is 9.70. The molecule has 0 amide bonds. The molecule has 12 rings (SSSR count). The fourth-order valence-electron chi connectivity index (χ4n) is 9.70. The molecule has 292 valence electrons. The van der Waals surface area contributed by atoms with Crippen LogP contribution in [-0.4, -0.2) is 14.1 Å². The summed E-state index contributed by atoms with van der Waals surface area (Å²) in [7, 11) is 0. The van der Waals surface area contributed by atoms with Gasteiger partial charge in [0.15, 0.2) is 0 Å². The molecule has 0 fully saturated rings. The molecule has 0 unspecified atom stereocenters. The first-order chi connectivity index (χ1) is 30.7. The lowest BCUT2D eigenvalue weighted by Crippen LogP contribution is -2.02. The van der Waals surface area contributed by atoms with Crippen LogP contribution in [0.15, 0.2) is 224 Å². The van der Waals surface area contributed by atoms with Gasteiger partial charge in [0.05, 0.1) is 33.5 Å². The third kappa shape index (κ3) is 6.09. The summed E-state index contributed by atoms with van der Waals surface area (Å²) < 4.78 is 4.96. The van der Waals surface area contributed by atoms with Crippen molar-refractivity contribution >= 4 is 54.9 Å². The van der Waals surface area contributed by atoms with Gasteiger partial charge in [-0.25, -0.2) is 4.98 Å². The van der Waals surface area contributed by atoms with Crippen molar-refractivity contribution in [1.29, 1.82) is 0 Å². The van der Waals surface area contributed by atoms with E-state index in [0.717, 1.165) is 46.5 Å². The van der Waals surface area contributed by atoms with Crippen molar-refractivity contribution in [2.24, 2.45) is 0 Å². The van der Waals surface area contributed by atoms with Gasteiger partial charge in [0.25, 0.3) is 0 Å². The third-order valence-electron chi connectivity index (χ3n) is 12.6. The van der Waals surface area contributed by atoms with Gasteiger partial charge >= 0.3 is 0 Å². The van der Waals surface area contributed by atoms with Crippen molar-refractivity contribution in [2.75, 3.05) is 0 Å². The smallest absolute Gasteiger partial charge is 0.0715 e. The predicted molar refractivity (Wildman–Crippen MR) is 261 cm³/mol. The van der Waals surface area contributed by atoms with Crippen LogP contribution in [0.4, 0.5) is 0 Å². The minimum atomic E-state index is 0.959. The maximum Gasteiger partial charge on any atom is 0.0715 e. The third-order valence-corrected chi connectivity index (χ3v) is 12.6. The number of hydrogen-bond donors (Lipinski definition) is 0. The lowest BCUT2D eigenvalue weighted by atomic mass is 9.95. The summed E-state index contributed by atoms with van der Waals surface area (Å²) in [5, 5.41) is 5.06. The lowest BCUT2D eigenvalue weighted by molar-refractivity contribution is 0.982. The first-order valence-electron chi connectivity index (χ1n) is 21.5. The molecule has 3 heteroatoms. The summed E-state index contributed by atoms with van der Waals surface area (Å²) in [6.07, 6.45) is 6.80. The standard InChI is InChI=1S/C59H41N3/c1-4-17-40(18-5-1)54-38-46(39-55(60-54)41-19-6-2-7-20-41)43-22-14-21-42(35-43)44-33-34-58-53(37-44)51-28-11-12-31-56(51)61(58)48-26-15-23-45(36-48)49-29-16-30-52-50-27-10-13-32-57(50)62(59(49)52)47-24-8-3-9-25-47/h1-14,16-25,27-39H,15,26H2. The molecule has 1 aliphatic rings. The maximum atomic E-state index is 5.13. The molecule has 0 saturated heterocycles. The summed E-state index contributed by atoms with van der Waals surface area (Å²) in [6, 6.07) is 76.6. The van der Waals surface area contributed by atoms with Crippen LogP contribution in [0.2, 0.25) is 0 Å². The SMILES string of the molecule is C1=C(c2cccc3c4ccccc4n(-c4ccccc4)c23)C=C(n2c3ccccc3c3cc(-c4cccc(-c5cc(-c6ccccc6)nc(-c6ccccc6)c5)c4)ccc32)CC1. The Kier molecular flexibility index (Phi) is 8.64. The Labute approximate surface area is 360 Å². The van der Waals surface area contributed by atoms with Crippen molar-refractivity contribution in [1.82, 2.24) is 14.1 Å². The lowest BCUT2D eigenvalue weighted by Gasteiger charge is -2.19. The van der Waals surface area contributed by atoms with Gasteiger partial charge in [0, 0.05) is 49.6 Å². The van der Waals surface area contributed by atoms with E-state index in [0.29, 0.717) is 0 Å². The molecular formula is C59H41N3. The minimum absolute atomic E-state index is 0.959. The van der Waals surface area contributed by atoms with Gasteiger partial charge in [-0.15, -0.1) is 0 Å². The fraction of sp³-hybridized carbons (Fsp3) is 0.0339. The predicted octanol–water partition coefficient (Wildman–Crippen LogP) is 15.7. The van der Waals surface area contributed by atoms with E-state index >= 15 is 0 Å². The normalized spacial score (nSPS) is 12.9. The van der Waals surface area contributed by atoms with Crippen LogP contribution in [-0.2, 0) is 0 Å². The zero-order chi connectivity index (χ0) is 41.0. The van der Waals surface area contributed by atoms with E-state index in [4.69, 9.17) is 4.98 Å². The minimum Gasteiger partial charge on any atom is -0.313 e. The molecule has 11 aromatic rings. The number of allylic oxidation sites excluding steroid dienone is 4. The van der Waals surface area contributed by atoms with E-state index < -0.39 is 0 Å². The Morgan fingerprint density at radius 3 is 1.61 bits per heavy atom. The molecule has 1 aliphatic carbocycles. The number of benzene rings is 8. The van der Waals surface area contributed by atoms with Gasteiger partial charge in [-0.2, -0.15) is 0 Å². The van der Waals surface area contributed by atoms with Crippen LogP contribution in [0.1, 0.15) is 18.4 Å². The van der Waals surface area contributed by atoms with E-state index in [1.165, 1.54) is 77.3 Å². The Hall–Kier alpha value is -8.01. The van der Waals surface area contributed by atoms with Crippen molar-refractivity contribution in [3.8, 4) is 50.5 Å². The van der Waals surface area contributed by atoms with E-state index in [1.54, 1.807) is 0 Å². The molecule has 62 heavy (non-hydrogen) atoms. The highest BCUT2D eigenvalue weighted by atomic mass is 15.0. The number of pyridine rings is 1. The van der Waals surface area contributed by atoms with Crippen molar-refractivity contribution in [3.63, 3.8) is 0 Å². The van der Waals surface area contributed by atoms with Gasteiger partial charge in [-0.05, 0) is 101 Å². The molecule has 0 bridgehead atoms. The van der Waals surface area contributed by atoms with Crippen LogP contribution in [0.25, 0.3) is 105 Å². The van der Waals surface area contributed by atoms with Gasteiger partial charge < -0.3 is 9.13 Å². The maximum absolute atomic E-state index is 5.13. The largest absolute Gasteiger partial charge is 0.313 e. The average Bonchev–Trinajstić information content (AvgIpc) is 3.88. The topological polar surface area (TPSA) is 22.8 Å². The molecule has 0 N–H and O–H groups in total. The van der Waals surface area contributed by atoms with E-state index in [9.17, 15) is 0 Å². The van der Waals surface area contributed by atoms with E-state index in [2.05, 4.69) is 234 Å². The molecule has 0 spiro atoms. The first-order valence-corrected chi connectivity index (χ1v) is 21.5. The second kappa shape index (κ2) is 14.9. The van der Waals surface area contributed by atoms with Gasteiger partial charge in [0.1, 0.15) is 0 Å². The Morgan fingerprint density at radius 2 is 0.903 bits per heavy atom. The summed E-state index contributed by atoms with van der Waals surface area (Å²) in [6.45, 7) is 0. The number of rotatable bonds is 7. The number of hydrogen-bond acceptors (Lipinski definition) is 1. The molecule has 0 radical (unpaired) electrons. The number of aromatic nitrogens is 3. The Balaban J connectivity index is 0.966. The summed E-state index contributed by atoms with van der Waals surface area (Å²) in [5.74, 6) is 0. The first kappa shape index (κ1) is 35.9.